The number of ether oxygens (including phenoxy) is 3. The molecule has 18 heavy (non-hydrogen) atoms. The maximum atomic E-state index is 11.5. The molecular formula is C12H16O6. The van der Waals surface area contributed by atoms with E-state index in [-0.39, 0.29) is 0 Å². The van der Waals surface area contributed by atoms with Gasteiger partial charge in [-0.25, -0.2) is 14.4 Å². The first kappa shape index (κ1) is 14.2. The fourth-order valence-corrected chi connectivity index (χ4v) is 1.50. The monoisotopic (exact) mass is 256 g/mol. The van der Waals surface area contributed by atoms with Crippen LogP contribution in [0, 0.1) is 5.41 Å². The number of carbonyl (C=O) groups is 3. The summed E-state index contributed by atoms with van der Waals surface area (Å²) in [5.74, 6) is -2.09. The predicted octanol–water partition coefficient (Wildman–Crippen LogP) is 0.600. The van der Waals surface area contributed by atoms with Crippen LogP contribution in [0.5, 0.6) is 0 Å². The summed E-state index contributed by atoms with van der Waals surface area (Å²) in [6.07, 6.45) is 0.566. The van der Waals surface area contributed by atoms with Crippen LogP contribution in [0.25, 0.3) is 0 Å². The molecule has 0 N–H and O–H groups in total. The van der Waals surface area contributed by atoms with Crippen LogP contribution >= 0.6 is 0 Å². The van der Waals surface area contributed by atoms with Gasteiger partial charge in [0.25, 0.3) is 0 Å². The minimum absolute atomic E-state index is 0.311. The SMILES string of the molecule is C=CC(=O)OCC(=O)OC1C(=O)OCCC1(C)C. The van der Waals surface area contributed by atoms with E-state index in [1.165, 1.54) is 0 Å². The highest BCUT2D eigenvalue weighted by Crippen LogP contribution is 2.32. The maximum Gasteiger partial charge on any atom is 0.348 e. The van der Waals surface area contributed by atoms with Crippen molar-refractivity contribution in [2.45, 2.75) is 26.4 Å². The van der Waals surface area contributed by atoms with Crippen molar-refractivity contribution in [3.63, 3.8) is 0 Å². The Morgan fingerprint density at radius 2 is 2.22 bits per heavy atom. The zero-order chi connectivity index (χ0) is 13.8. The minimum Gasteiger partial charge on any atom is -0.463 e. The van der Waals surface area contributed by atoms with Gasteiger partial charge >= 0.3 is 17.9 Å². The average Bonchev–Trinajstić information content (AvgIpc) is 2.30. The van der Waals surface area contributed by atoms with Crippen LogP contribution in [0.1, 0.15) is 20.3 Å². The molecule has 0 aliphatic carbocycles. The summed E-state index contributed by atoms with van der Waals surface area (Å²) >= 11 is 0. The van der Waals surface area contributed by atoms with E-state index in [1.807, 2.05) is 0 Å². The molecule has 1 aliphatic heterocycles. The van der Waals surface area contributed by atoms with Crippen molar-refractivity contribution < 1.29 is 28.6 Å². The first-order valence-corrected chi connectivity index (χ1v) is 5.52. The lowest BCUT2D eigenvalue weighted by molar-refractivity contribution is -0.187. The van der Waals surface area contributed by atoms with Gasteiger partial charge in [-0.15, -0.1) is 0 Å². The Hall–Kier alpha value is -1.85. The Labute approximate surface area is 105 Å². The molecular weight excluding hydrogens is 240 g/mol. The van der Waals surface area contributed by atoms with E-state index in [1.54, 1.807) is 13.8 Å². The van der Waals surface area contributed by atoms with Gasteiger partial charge in [-0.05, 0) is 6.42 Å². The molecule has 0 saturated carbocycles. The first-order chi connectivity index (χ1) is 8.36. The lowest BCUT2D eigenvalue weighted by atomic mass is 9.82. The molecule has 100 valence electrons. The highest BCUT2D eigenvalue weighted by molar-refractivity contribution is 5.85. The Morgan fingerprint density at radius 1 is 1.56 bits per heavy atom. The summed E-state index contributed by atoms with van der Waals surface area (Å²) in [5, 5.41) is 0. The van der Waals surface area contributed by atoms with Gasteiger partial charge in [-0.3, -0.25) is 0 Å². The van der Waals surface area contributed by atoms with Crippen LogP contribution in [-0.4, -0.2) is 37.2 Å². The molecule has 1 rings (SSSR count). The summed E-state index contributed by atoms with van der Waals surface area (Å²) in [5.41, 5.74) is -0.493. The highest BCUT2D eigenvalue weighted by atomic mass is 16.6. The van der Waals surface area contributed by atoms with Crippen LogP contribution in [-0.2, 0) is 28.6 Å². The first-order valence-electron chi connectivity index (χ1n) is 5.52. The number of cyclic esters (lactones) is 1. The second-order valence-corrected chi connectivity index (χ2v) is 4.59. The largest absolute Gasteiger partial charge is 0.463 e. The van der Waals surface area contributed by atoms with Crippen molar-refractivity contribution in [2.24, 2.45) is 5.41 Å². The minimum atomic E-state index is -0.971. The van der Waals surface area contributed by atoms with E-state index >= 15 is 0 Å². The molecule has 1 fully saturated rings. The second kappa shape index (κ2) is 5.66. The molecule has 0 radical (unpaired) electrons. The Bertz CT molecular complexity index is 371. The average molecular weight is 256 g/mol. The molecule has 0 aromatic heterocycles. The van der Waals surface area contributed by atoms with Gasteiger partial charge < -0.3 is 14.2 Å². The van der Waals surface area contributed by atoms with Crippen molar-refractivity contribution in [1.29, 1.82) is 0 Å². The lowest BCUT2D eigenvalue weighted by Gasteiger charge is -2.35. The van der Waals surface area contributed by atoms with E-state index in [0.717, 1.165) is 6.08 Å². The normalized spacial score (nSPS) is 21.7. The fraction of sp³-hybridized carbons (Fsp3) is 0.583. The number of hydrogen-bond donors (Lipinski definition) is 0. The van der Waals surface area contributed by atoms with Gasteiger partial charge in [-0.1, -0.05) is 20.4 Å². The molecule has 0 spiro atoms. The quantitative estimate of drug-likeness (QED) is 0.416. The van der Waals surface area contributed by atoms with Gasteiger partial charge in [0.1, 0.15) is 0 Å². The zero-order valence-electron chi connectivity index (χ0n) is 10.4. The van der Waals surface area contributed by atoms with Crippen molar-refractivity contribution in [2.75, 3.05) is 13.2 Å². The molecule has 0 aromatic rings. The summed E-state index contributed by atoms with van der Waals surface area (Å²) in [7, 11) is 0. The van der Waals surface area contributed by atoms with Gasteiger partial charge in [0.2, 0.25) is 6.10 Å². The van der Waals surface area contributed by atoms with Crippen LogP contribution in [0.2, 0.25) is 0 Å². The molecule has 1 heterocycles. The maximum absolute atomic E-state index is 11.5. The van der Waals surface area contributed by atoms with E-state index in [0.29, 0.717) is 13.0 Å². The highest BCUT2D eigenvalue weighted by Gasteiger charge is 2.43. The Morgan fingerprint density at radius 3 is 2.78 bits per heavy atom. The van der Waals surface area contributed by atoms with E-state index < -0.39 is 36.0 Å². The van der Waals surface area contributed by atoms with Crippen molar-refractivity contribution in [3.8, 4) is 0 Å². The third kappa shape index (κ3) is 3.58. The van der Waals surface area contributed by atoms with E-state index in [4.69, 9.17) is 9.47 Å². The van der Waals surface area contributed by atoms with Gasteiger partial charge in [0, 0.05) is 11.5 Å². The van der Waals surface area contributed by atoms with Gasteiger partial charge in [0.15, 0.2) is 6.61 Å². The summed E-state index contributed by atoms with van der Waals surface area (Å²) in [4.78, 5) is 33.7. The molecule has 1 saturated heterocycles. The Balaban J connectivity index is 2.54. The Kier molecular flexibility index (Phi) is 4.47. The fourth-order valence-electron chi connectivity index (χ4n) is 1.50. The van der Waals surface area contributed by atoms with Crippen LogP contribution in [0.3, 0.4) is 0 Å². The van der Waals surface area contributed by atoms with Gasteiger partial charge in [0.05, 0.1) is 6.61 Å². The molecule has 1 unspecified atom stereocenters. The summed E-state index contributed by atoms with van der Waals surface area (Å²) in [6, 6.07) is 0. The van der Waals surface area contributed by atoms with E-state index in [9.17, 15) is 14.4 Å². The number of hydrogen-bond acceptors (Lipinski definition) is 6. The zero-order valence-corrected chi connectivity index (χ0v) is 10.4. The molecule has 0 bridgehead atoms. The van der Waals surface area contributed by atoms with Crippen molar-refractivity contribution in [3.05, 3.63) is 12.7 Å². The van der Waals surface area contributed by atoms with Crippen molar-refractivity contribution >= 4 is 17.9 Å². The molecule has 1 aliphatic rings. The molecule has 6 heteroatoms. The van der Waals surface area contributed by atoms with E-state index in [2.05, 4.69) is 11.3 Å². The van der Waals surface area contributed by atoms with Gasteiger partial charge in [-0.2, -0.15) is 0 Å². The second-order valence-electron chi connectivity index (χ2n) is 4.59. The molecule has 1 atom stereocenters. The molecule has 0 aromatic carbocycles. The predicted molar refractivity (Wildman–Crippen MR) is 60.4 cm³/mol. The topological polar surface area (TPSA) is 78.9 Å². The molecule has 6 nitrogen and oxygen atoms in total. The summed E-state index contributed by atoms with van der Waals surface area (Å²) < 4.78 is 14.3. The summed E-state index contributed by atoms with van der Waals surface area (Å²) in [6.45, 7) is 6.56. The van der Waals surface area contributed by atoms with Crippen molar-refractivity contribution in [1.82, 2.24) is 0 Å². The third-order valence-corrected chi connectivity index (χ3v) is 2.66. The van der Waals surface area contributed by atoms with Crippen LogP contribution < -0.4 is 0 Å². The smallest absolute Gasteiger partial charge is 0.348 e. The number of carbonyl (C=O) groups excluding carboxylic acids is 3. The third-order valence-electron chi connectivity index (χ3n) is 2.66. The lowest BCUT2D eigenvalue weighted by Crippen LogP contribution is -2.46. The van der Waals surface area contributed by atoms with Crippen LogP contribution in [0.4, 0.5) is 0 Å². The molecule has 0 amide bonds. The number of rotatable bonds is 4. The standard InChI is InChI=1S/C12H16O6/c1-4-8(13)17-7-9(14)18-10-11(15)16-6-5-12(10,2)3/h4,10H,1,5-7H2,2-3H3. The number of esters is 3. The van der Waals surface area contributed by atoms with Crippen LogP contribution in [0.15, 0.2) is 12.7 Å².